The molecule has 4 aromatic rings. The van der Waals surface area contributed by atoms with E-state index in [9.17, 15) is 0 Å². The number of ether oxygens (including phenoxy) is 2. The molecule has 2 N–H and O–H groups in total. The van der Waals surface area contributed by atoms with E-state index in [1.165, 1.54) is 6.33 Å². The third-order valence-corrected chi connectivity index (χ3v) is 5.86. The summed E-state index contributed by atoms with van der Waals surface area (Å²) in [7, 11) is 0. The summed E-state index contributed by atoms with van der Waals surface area (Å²) in [4.78, 5) is 13.8. The first-order valence-electron chi connectivity index (χ1n) is 10.6. The summed E-state index contributed by atoms with van der Waals surface area (Å²) in [6, 6.07) is 15.7. The lowest BCUT2D eigenvalue weighted by Gasteiger charge is -2.12. The third-order valence-electron chi connectivity index (χ3n) is 5.55. The van der Waals surface area contributed by atoms with Gasteiger partial charge >= 0.3 is 0 Å². The second-order valence-electron chi connectivity index (χ2n) is 8.19. The molecular weight excluding hydrogens is 426 g/mol. The molecule has 32 heavy (non-hydrogen) atoms. The number of nitrogens with two attached hydrogens (primary N) is 1. The molecule has 2 aromatic heterocycles. The number of imidazole rings is 1. The van der Waals surface area contributed by atoms with E-state index in [-0.39, 0.29) is 5.60 Å². The van der Waals surface area contributed by atoms with Crippen LogP contribution in [-0.2, 0) is 6.54 Å². The molecule has 164 valence electrons. The van der Waals surface area contributed by atoms with Gasteiger partial charge in [0.15, 0.2) is 11.2 Å². The highest BCUT2D eigenvalue weighted by Gasteiger charge is 2.41. The Balaban J connectivity index is 1.63. The SMILES string of the molecule is CC1(Oc2ncnc3c2nc(-c2ccc(OCCN)cc2Cl)n3Cc2ccccc2)CC1. The zero-order valence-electron chi connectivity index (χ0n) is 17.8. The fourth-order valence-corrected chi connectivity index (χ4v) is 3.82. The summed E-state index contributed by atoms with van der Waals surface area (Å²) in [5.41, 5.74) is 8.61. The summed E-state index contributed by atoms with van der Waals surface area (Å²) in [5, 5.41) is 0.536. The maximum atomic E-state index is 6.67. The van der Waals surface area contributed by atoms with Crippen LogP contribution in [0.4, 0.5) is 0 Å². The monoisotopic (exact) mass is 449 g/mol. The molecule has 5 rings (SSSR count). The van der Waals surface area contributed by atoms with E-state index < -0.39 is 0 Å². The van der Waals surface area contributed by atoms with Gasteiger partial charge in [0.2, 0.25) is 5.88 Å². The van der Waals surface area contributed by atoms with Crippen molar-refractivity contribution in [1.29, 1.82) is 0 Å². The van der Waals surface area contributed by atoms with Crippen LogP contribution < -0.4 is 15.2 Å². The van der Waals surface area contributed by atoms with Crippen LogP contribution in [0.1, 0.15) is 25.3 Å². The van der Waals surface area contributed by atoms with Gasteiger partial charge in [-0.3, -0.25) is 0 Å². The number of aromatic nitrogens is 4. The molecule has 1 saturated carbocycles. The summed E-state index contributed by atoms with van der Waals surface area (Å²) in [5.74, 6) is 1.87. The topological polar surface area (TPSA) is 88.1 Å². The predicted octanol–water partition coefficient (Wildman–Crippen LogP) is 4.46. The number of nitrogens with zero attached hydrogens (tertiary/aromatic N) is 4. The van der Waals surface area contributed by atoms with Crippen LogP contribution in [-0.4, -0.2) is 38.3 Å². The molecule has 2 heterocycles. The van der Waals surface area contributed by atoms with Crippen molar-refractivity contribution < 1.29 is 9.47 Å². The lowest BCUT2D eigenvalue weighted by Crippen LogP contribution is -2.13. The van der Waals surface area contributed by atoms with E-state index in [0.717, 1.165) is 24.0 Å². The van der Waals surface area contributed by atoms with Crippen LogP contribution >= 0.6 is 11.6 Å². The van der Waals surface area contributed by atoms with E-state index in [1.807, 2.05) is 30.3 Å². The van der Waals surface area contributed by atoms with Gasteiger partial charge in [0.05, 0.1) is 11.6 Å². The zero-order valence-corrected chi connectivity index (χ0v) is 18.5. The highest BCUT2D eigenvalue weighted by atomic mass is 35.5. The molecule has 0 amide bonds. The Morgan fingerprint density at radius 1 is 1.12 bits per heavy atom. The van der Waals surface area contributed by atoms with Gasteiger partial charge in [0, 0.05) is 12.1 Å². The molecule has 0 unspecified atom stereocenters. The molecule has 1 aliphatic rings. The highest BCUT2D eigenvalue weighted by molar-refractivity contribution is 6.33. The highest BCUT2D eigenvalue weighted by Crippen LogP contribution is 2.41. The number of rotatable bonds is 8. The average molecular weight is 450 g/mol. The van der Waals surface area contributed by atoms with Gasteiger partial charge in [-0.1, -0.05) is 41.9 Å². The molecule has 7 nitrogen and oxygen atoms in total. The van der Waals surface area contributed by atoms with Gasteiger partial charge in [0.25, 0.3) is 0 Å². The van der Waals surface area contributed by atoms with Crippen molar-refractivity contribution >= 4 is 22.8 Å². The van der Waals surface area contributed by atoms with Crippen molar-refractivity contribution in [2.45, 2.75) is 31.9 Å². The molecule has 8 heteroatoms. The Hall–Kier alpha value is -3.16. The lowest BCUT2D eigenvalue weighted by atomic mass is 10.2. The van der Waals surface area contributed by atoms with E-state index >= 15 is 0 Å². The molecule has 1 aliphatic carbocycles. The molecule has 1 fully saturated rings. The fraction of sp³-hybridized carbons (Fsp3) is 0.292. The first kappa shape index (κ1) is 20.7. The number of hydrogen-bond acceptors (Lipinski definition) is 6. The van der Waals surface area contributed by atoms with Crippen molar-refractivity contribution in [3.63, 3.8) is 0 Å². The zero-order chi connectivity index (χ0) is 22.1. The Morgan fingerprint density at radius 3 is 2.66 bits per heavy atom. The fourth-order valence-electron chi connectivity index (χ4n) is 3.57. The number of fused-ring (bicyclic) bond motifs is 1. The normalized spacial score (nSPS) is 14.5. The van der Waals surface area contributed by atoms with Crippen LogP contribution in [0.2, 0.25) is 5.02 Å². The minimum atomic E-state index is -0.176. The Bertz CT molecular complexity index is 1250. The first-order valence-corrected chi connectivity index (χ1v) is 11.0. The van der Waals surface area contributed by atoms with Crippen LogP contribution in [0.15, 0.2) is 54.9 Å². The number of benzene rings is 2. The molecule has 0 aliphatic heterocycles. The molecule has 0 bridgehead atoms. The largest absolute Gasteiger partial charge is 0.492 e. The van der Waals surface area contributed by atoms with Crippen molar-refractivity contribution in [3.8, 4) is 23.0 Å². The van der Waals surface area contributed by atoms with E-state index in [2.05, 4.69) is 33.6 Å². The summed E-state index contributed by atoms with van der Waals surface area (Å²) < 4.78 is 13.8. The van der Waals surface area contributed by atoms with E-state index in [0.29, 0.717) is 53.3 Å². The maximum Gasteiger partial charge on any atom is 0.245 e. The predicted molar refractivity (Wildman–Crippen MR) is 124 cm³/mol. The van der Waals surface area contributed by atoms with Gasteiger partial charge in [0.1, 0.15) is 30.1 Å². The van der Waals surface area contributed by atoms with Gasteiger partial charge in [-0.15, -0.1) is 0 Å². The summed E-state index contributed by atoms with van der Waals surface area (Å²) in [6.07, 6.45) is 3.54. The molecule has 0 saturated heterocycles. The molecule has 0 radical (unpaired) electrons. The third kappa shape index (κ3) is 4.13. The quantitative estimate of drug-likeness (QED) is 0.427. The maximum absolute atomic E-state index is 6.67. The van der Waals surface area contributed by atoms with Gasteiger partial charge in [-0.05, 0) is 43.5 Å². The van der Waals surface area contributed by atoms with Crippen LogP contribution in [0.25, 0.3) is 22.6 Å². The molecule has 0 spiro atoms. The second kappa shape index (κ2) is 8.41. The summed E-state index contributed by atoms with van der Waals surface area (Å²) >= 11 is 6.67. The minimum absolute atomic E-state index is 0.176. The Morgan fingerprint density at radius 2 is 1.94 bits per heavy atom. The van der Waals surface area contributed by atoms with Crippen molar-refractivity contribution in [2.75, 3.05) is 13.2 Å². The standard InChI is InChI=1S/C24H24ClN5O2/c1-24(9-10-24)32-23-20-22(27-15-28-23)30(14-16-5-3-2-4-6-16)21(29-20)18-8-7-17(13-19(18)25)31-12-11-26/h2-8,13,15H,9-12,14,26H2,1H3. The minimum Gasteiger partial charge on any atom is -0.492 e. The van der Waals surface area contributed by atoms with E-state index in [1.54, 1.807) is 6.07 Å². The number of halogens is 1. The Labute approximate surface area is 191 Å². The van der Waals surface area contributed by atoms with Gasteiger partial charge in [-0.2, -0.15) is 4.98 Å². The van der Waals surface area contributed by atoms with Crippen LogP contribution in [0.5, 0.6) is 11.6 Å². The smallest absolute Gasteiger partial charge is 0.245 e. The molecule has 0 atom stereocenters. The number of hydrogen-bond donors (Lipinski definition) is 1. The van der Waals surface area contributed by atoms with Crippen molar-refractivity contribution in [1.82, 2.24) is 19.5 Å². The van der Waals surface area contributed by atoms with Crippen LogP contribution in [0.3, 0.4) is 0 Å². The summed E-state index contributed by atoms with van der Waals surface area (Å²) in [6.45, 7) is 3.53. The molecule has 2 aromatic carbocycles. The average Bonchev–Trinajstić information content (AvgIpc) is 3.41. The van der Waals surface area contributed by atoms with Gasteiger partial charge in [-0.25, -0.2) is 9.97 Å². The lowest BCUT2D eigenvalue weighted by molar-refractivity contribution is 0.194. The molecular formula is C24H24ClN5O2. The second-order valence-corrected chi connectivity index (χ2v) is 8.60. The van der Waals surface area contributed by atoms with Crippen molar-refractivity contribution in [3.05, 3.63) is 65.4 Å². The first-order chi connectivity index (χ1) is 15.6. The Kier molecular flexibility index (Phi) is 5.45. The van der Waals surface area contributed by atoms with E-state index in [4.69, 9.17) is 31.8 Å². The van der Waals surface area contributed by atoms with Crippen LogP contribution in [0, 0.1) is 0 Å². The van der Waals surface area contributed by atoms with Gasteiger partial charge < -0.3 is 19.8 Å². The van der Waals surface area contributed by atoms with Crippen molar-refractivity contribution in [2.24, 2.45) is 5.73 Å².